The molecule has 8 aromatic carbocycles. The highest BCUT2D eigenvalue weighted by atomic mass is 32.1. The molecular weight excluding hydrogens is 829 g/mol. The second-order valence-electron chi connectivity index (χ2n) is 16.9. The van der Waals surface area contributed by atoms with Gasteiger partial charge in [-0.1, -0.05) is 92.2 Å². The molecule has 2 unspecified atom stereocenters. The largest absolute Gasteiger partial charge is 0.483 e. The van der Waals surface area contributed by atoms with E-state index in [1.807, 2.05) is 78.1 Å². The molecule has 0 bridgehead atoms. The molecule has 1 aliphatic heterocycles. The monoisotopic (exact) mass is 868 g/mol. The summed E-state index contributed by atoms with van der Waals surface area (Å²) >= 11 is 1.83. The Morgan fingerprint density at radius 1 is 0.652 bits per heavy atom. The van der Waals surface area contributed by atoms with Crippen molar-refractivity contribution in [3.63, 3.8) is 0 Å². The number of hydrogen-bond acceptors (Lipinski definition) is 7. The summed E-state index contributed by atoms with van der Waals surface area (Å²) < 4.78 is 15.8. The maximum absolute atomic E-state index is 9.71. The summed E-state index contributed by atoms with van der Waals surface area (Å²) in [5.74, 6) is 1.03. The Balaban J connectivity index is 1.03. The predicted octanol–water partition coefficient (Wildman–Crippen LogP) is 16.1. The van der Waals surface area contributed by atoms with Crippen LogP contribution < -0.4 is 14.5 Å². The van der Waals surface area contributed by atoms with E-state index in [1.165, 1.54) is 42.2 Å². The molecule has 0 N–H and O–H groups in total. The number of aryl methyl sites for hydroxylation is 1. The number of hydrogen-bond donors (Lipinski definition) is 0. The van der Waals surface area contributed by atoms with Crippen molar-refractivity contribution in [1.29, 1.82) is 10.5 Å². The van der Waals surface area contributed by atoms with Gasteiger partial charge in [0.15, 0.2) is 5.58 Å². The number of para-hydroxylation sites is 3. The zero-order valence-corrected chi connectivity index (χ0v) is 36.8. The molecule has 1 aliphatic carbocycles. The van der Waals surface area contributed by atoms with Crippen LogP contribution in [-0.4, -0.2) is 6.10 Å². The van der Waals surface area contributed by atoms with Crippen LogP contribution in [0.5, 0.6) is 5.75 Å². The Kier molecular flexibility index (Phi) is 9.52. The number of benzene rings is 8. The quantitative estimate of drug-likeness (QED) is 0.144. The normalized spacial score (nSPS) is 15.1. The second-order valence-corrected chi connectivity index (χ2v) is 18.0. The minimum absolute atomic E-state index is 0.0519. The van der Waals surface area contributed by atoms with Crippen LogP contribution in [0.2, 0.25) is 0 Å². The third kappa shape index (κ3) is 6.44. The molecule has 2 aromatic heterocycles. The van der Waals surface area contributed by atoms with E-state index in [-0.39, 0.29) is 12.0 Å². The van der Waals surface area contributed by atoms with E-state index in [0.717, 1.165) is 74.4 Å². The van der Waals surface area contributed by atoms with Crippen molar-refractivity contribution >= 4 is 98.7 Å². The molecule has 0 saturated heterocycles. The highest BCUT2D eigenvalue weighted by molar-refractivity contribution is 7.26. The Labute approximate surface area is 386 Å². The highest BCUT2D eigenvalue weighted by Crippen LogP contribution is 2.49. The van der Waals surface area contributed by atoms with Crippen LogP contribution >= 0.6 is 11.3 Å². The van der Waals surface area contributed by atoms with Crippen LogP contribution in [0, 0.1) is 22.7 Å². The van der Waals surface area contributed by atoms with Gasteiger partial charge in [-0.2, -0.15) is 10.5 Å². The minimum atomic E-state index is -0.0519. The van der Waals surface area contributed by atoms with E-state index in [0.29, 0.717) is 11.1 Å². The standard InChI is InChI=1S/C59H40N4O2S/c1-2-9-39-22-30-54-57(45(39)32-33-62(41-24-18-37(35-60)19-25-41)50-14-7-12-48-46-10-3-5-16-52(46)64-58(48)50)56-44-29-28-43(34-40(44)23-31-55(56)66-54)63(42-26-20-38(36-61)21-27-42)51-15-8-13-49-47-11-4-6-17-53(47)65-59(49)51/h3-8,10-34,46,52H,2,9H2,1H3/b33-32-. The van der Waals surface area contributed by atoms with Crippen LogP contribution in [-0.2, 0) is 6.42 Å². The maximum Gasteiger partial charge on any atom is 0.159 e. The lowest BCUT2D eigenvalue weighted by Crippen LogP contribution is -2.16. The Morgan fingerprint density at radius 2 is 1.36 bits per heavy atom. The van der Waals surface area contributed by atoms with Crippen LogP contribution in [0.1, 0.15) is 47.1 Å². The summed E-state index contributed by atoms with van der Waals surface area (Å²) in [7, 11) is 0. The number of thiophene rings is 1. The zero-order valence-electron chi connectivity index (χ0n) is 36.0. The molecule has 3 heterocycles. The smallest absolute Gasteiger partial charge is 0.159 e. The van der Waals surface area contributed by atoms with Crippen LogP contribution in [0.3, 0.4) is 0 Å². The number of rotatable bonds is 9. The van der Waals surface area contributed by atoms with Crippen molar-refractivity contribution in [3.8, 4) is 17.9 Å². The summed E-state index contributed by atoms with van der Waals surface area (Å²) in [6.07, 6.45) is 14.9. The highest BCUT2D eigenvalue weighted by Gasteiger charge is 2.35. The lowest BCUT2D eigenvalue weighted by molar-refractivity contribution is 0.269. The van der Waals surface area contributed by atoms with Gasteiger partial charge >= 0.3 is 0 Å². The molecule has 12 rings (SSSR count). The van der Waals surface area contributed by atoms with Crippen LogP contribution in [0.25, 0.3) is 59.0 Å². The van der Waals surface area contributed by atoms with Crippen LogP contribution in [0.15, 0.2) is 187 Å². The topological polar surface area (TPSA) is 76.4 Å². The number of ether oxygens (including phenoxy) is 1. The summed E-state index contributed by atoms with van der Waals surface area (Å²) in [4.78, 5) is 4.44. The summed E-state index contributed by atoms with van der Waals surface area (Å²) in [5, 5.41) is 26.3. The molecular formula is C59H40N4O2S. The fourth-order valence-corrected chi connectivity index (χ4v) is 11.1. The Morgan fingerprint density at radius 3 is 2.18 bits per heavy atom. The van der Waals surface area contributed by atoms with Gasteiger partial charge in [0.05, 0.1) is 34.6 Å². The fraction of sp³-hybridized carbons (Fsp3) is 0.0847. The number of nitriles is 2. The van der Waals surface area contributed by atoms with E-state index in [9.17, 15) is 10.5 Å². The molecule has 0 amide bonds. The number of furan rings is 1. The van der Waals surface area contributed by atoms with E-state index in [4.69, 9.17) is 9.15 Å². The van der Waals surface area contributed by atoms with E-state index >= 15 is 0 Å². The molecule has 2 aliphatic rings. The van der Waals surface area contributed by atoms with Gasteiger partial charge in [-0.3, -0.25) is 0 Å². The molecule has 0 radical (unpaired) electrons. The van der Waals surface area contributed by atoms with Gasteiger partial charge in [0.25, 0.3) is 0 Å². The molecule has 6 nitrogen and oxygen atoms in total. The third-order valence-electron chi connectivity index (χ3n) is 13.0. The Bertz CT molecular complexity index is 3750. The predicted molar refractivity (Wildman–Crippen MR) is 272 cm³/mol. The number of fused-ring (bicyclic) bond motifs is 11. The number of nitrogens with zero attached hydrogens (tertiary/aromatic N) is 4. The third-order valence-corrected chi connectivity index (χ3v) is 14.2. The molecule has 0 saturated carbocycles. The first-order valence-corrected chi connectivity index (χ1v) is 23.1. The average molecular weight is 869 g/mol. The van der Waals surface area contributed by atoms with Crippen LogP contribution in [0.4, 0.5) is 28.4 Å². The van der Waals surface area contributed by atoms with Gasteiger partial charge in [-0.15, -0.1) is 11.3 Å². The molecule has 0 spiro atoms. The number of anilines is 5. The van der Waals surface area contributed by atoms with Gasteiger partial charge in [0.2, 0.25) is 0 Å². The summed E-state index contributed by atoms with van der Waals surface area (Å²) in [6.45, 7) is 2.24. The fourth-order valence-electron chi connectivity index (χ4n) is 9.97. The van der Waals surface area contributed by atoms with Gasteiger partial charge in [-0.05, 0) is 131 Å². The van der Waals surface area contributed by atoms with Crippen molar-refractivity contribution in [2.45, 2.75) is 31.8 Å². The summed E-state index contributed by atoms with van der Waals surface area (Å²) in [5.41, 5.74) is 11.2. The lowest BCUT2D eigenvalue weighted by Gasteiger charge is -2.26. The molecule has 10 aromatic rings. The molecule has 314 valence electrons. The van der Waals surface area contributed by atoms with Crippen molar-refractivity contribution in [3.05, 3.63) is 210 Å². The lowest BCUT2D eigenvalue weighted by atomic mass is 9.92. The molecule has 66 heavy (non-hydrogen) atoms. The van der Waals surface area contributed by atoms with Crippen molar-refractivity contribution in [2.24, 2.45) is 0 Å². The van der Waals surface area contributed by atoms with Gasteiger partial charge in [-0.25, -0.2) is 0 Å². The van der Waals surface area contributed by atoms with E-state index in [2.05, 4.69) is 150 Å². The molecule has 2 atom stereocenters. The van der Waals surface area contributed by atoms with Gasteiger partial charge < -0.3 is 19.0 Å². The van der Waals surface area contributed by atoms with E-state index in [1.54, 1.807) is 0 Å². The first-order chi connectivity index (χ1) is 32.6. The second kappa shape index (κ2) is 16.0. The Hall–Kier alpha value is -8.36. The molecule has 7 heteroatoms. The first-order valence-electron chi connectivity index (χ1n) is 22.3. The summed E-state index contributed by atoms with van der Waals surface area (Å²) in [6, 6.07) is 56.8. The minimum Gasteiger partial charge on any atom is -0.483 e. The number of allylic oxidation sites excluding steroid dienone is 2. The van der Waals surface area contributed by atoms with Gasteiger partial charge in [0.1, 0.15) is 17.4 Å². The van der Waals surface area contributed by atoms with Crippen molar-refractivity contribution in [2.75, 3.05) is 9.80 Å². The maximum atomic E-state index is 9.71. The first kappa shape index (κ1) is 39.2. The van der Waals surface area contributed by atoms with Crippen molar-refractivity contribution < 1.29 is 9.15 Å². The van der Waals surface area contributed by atoms with Gasteiger partial charge in [0, 0.05) is 65.7 Å². The van der Waals surface area contributed by atoms with Crippen molar-refractivity contribution in [1.82, 2.24) is 0 Å². The zero-order chi connectivity index (χ0) is 44.3. The molecule has 0 fully saturated rings. The van der Waals surface area contributed by atoms with E-state index < -0.39 is 0 Å². The SMILES string of the molecule is CCCc1ccc2sc3ccc4cc(N(c5ccc(C#N)cc5)c5cccc6c5oc5ccccc56)ccc4c3c2c1/C=C\N(c1ccc(C#N)cc1)c1cccc2c1OC1C=CC=CC21. The average Bonchev–Trinajstić information content (AvgIpc) is 4.07.